The standard InChI is InChI=1S/C13H17Cl2NO/c14-12-5-1-4-11(13(12)15)9-17-8-10-3-2-6-16-7-10/h1,4-5,10,16H,2-3,6-9H2. The second-order valence-corrected chi connectivity index (χ2v) is 5.23. The zero-order chi connectivity index (χ0) is 12.1. The van der Waals surface area contributed by atoms with Crippen molar-refractivity contribution in [2.45, 2.75) is 19.4 Å². The van der Waals surface area contributed by atoms with Crippen LogP contribution in [-0.2, 0) is 11.3 Å². The first kappa shape index (κ1) is 13.2. The minimum absolute atomic E-state index is 0.538. The number of nitrogens with one attached hydrogen (secondary N) is 1. The molecule has 1 fully saturated rings. The van der Waals surface area contributed by atoms with Crippen molar-refractivity contribution in [1.82, 2.24) is 5.32 Å². The molecule has 1 unspecified atom stereocenters. The summed E-state index contributed by atoms with van der Waals surface area (Å²) in [6, 6.07) is 5.64. The molecule has 1 aliphatic heterocycles. The molecule has 0 radical (unpaired) electrons. The van der Waals surface area contributed by atoms with Gasteiger partial charge in [0.1, 0.15) is 0 Å². The zero-order valence-corrected chi connectivity index (χ0v) is 11.2. The van der Waals surface area contributed by atoms with Crippen LogP contribution in [-0.4, -0.2) is 19.7 Å². The fourth-order valence-electron chi connectivity index (χ4n) is 2.06. The van der Waals surface area contributed by atoms with Gasteiger partial charge in [-0.2, -0.15) is 0 Å². The number of hydrogen-bond acceptors (Lipinski definition) is 2. The van der Waals surface area contributed by atoms with Crippen LogP contribution >= 0.6 is 23.2 Å². The van der Waals surface area contributed by atoms with E-state index in [0.717, 1.165) is 25.3 Å². The maximum Gasteiger partial charge on any atom is 0.0732 e. The summed E-state index contributed by atoms with van der Waals surface area (Å²) in [6.45, 7) is 3.52. The molecule has 0 aliphatic carbocycles. The summed E-state index contributed by atoms with van der Waals surface area (Å²) in [6.07, 6.45) is 2.49. The molecule has 0 amide bonds. The smallest absolute Gasteiger partial charge is 0.0732 e. The molecule has 2 rings (SSSR count). The lowest BCUT2D eigenvalue weighted by atomic mass is 10.0. The second kappa shape index (κ2) is 6.60. The van der Waals surface area contributed by atoms with Gasteiger partial charge in [0.2, 0.25) is 0 Å². The van der Waals surface area contributed by atoms with Gasteiger partial charge in [-0.3, -0.25) is 0 Å². The predicted molar refractivity (Wildman–Crippen MR) is 71.7 cm³/mol. The Morgan fingerprint density at radius 1 is 1.35 bits per heavy atom. The first-order valence-electron chi connectivity index (χ1n) is 5.98. The summed E-state index contributed by atoms with van der Waals surface area (Å²) < 4.78 is 5.71. The molecule has 0 saturated carbocycles. The number of rotatable bonds is 4. The van der Waals surface area contributed by atoms with Crippen molar-refractivity contribution in [2.75, 3.05) is 19.7 Å². The largest absolute Gasteiger partial charge is 0.376 e. The SMILES string of the molecule is Clc1cccc(COCC2CCCNC2)c1Cl. The van der Waals surface area contributed by atoms with Gasteiger partial charge in [0, 0.05) is 6.54 Å². The van der Waals surface area contributed by atoms with Gasteiger partial charge in [0.15, 0.2) is 0 Å². The molecule has 2 nitrogen and oxygen atoms in total. The Kier molecular flexibility index (Phi) is 5.11. The van der Waals surface area contributed by atoms with Crippen LogP contribution < -0.4 is 5.32 Å². The number of piperidine rings is 1. The van der Waals surface area contributed by atoms with Crippen molar-refractivity contribution in [3.8, 4) is 0 Å². The van der Waals surface area contributed by atoms with E-state index in [0.29, 0.717) is 22.6 Å². The third-order valence-corrected chi connectivity index (χ3v) is 3.90. The van der Waals surface area contributed by atoms with Gasteiger partial charge in [-0.1, -0.05) is 35.3 Å². The number of halogens is 2. The quantitative estimate of drug-likeness (QED) is 0.907. The lowest BCUT2D eigenvalue weighted by Crippen LogP contribution is -2.32. The lowest BCUT2D eigenvalue weighted by Gasteiger charge is -2.22. The van der Waals surface area contributed by atoms with Crippen molar-refractivity contribution >= 4 is 23.2 Å². The van der Waals surface area contributed by atoms with Crippen molar-refractivity contribution in [2.24, 2.45) is 5.92 Å². The first-order valence-corrected chi connectivity index (χ1v) is 6.74. The molecule has 1 aromatic carbocycles. The van der Waals surface area contributed by atoms with Gasteiger partial charge < -0.3 is 10.1 Å². The molecule has 4 heteroatoms. The third kappa shape index (κ3) is 3.85. The Balaban J connectivity index is 1.79. The lowest BCUT2D eigenvalue weighted by molar-refractivity contribution is 0.0783. The van der Waals surface area contributed by atoms with Gasteiger partial charge >= 0.3 is 0 Å². The molecular formula is C13H17Cl2NO. The fourth-order valence-corrected chi connectivity index (χ4v) is 2.44. The maximum absolute atomic E-state index is 6.09. The number of hydrogen-bond donors (Lipinski definition) is 1. The van der Waals surface area contributed by atoms with Crippen LogP contribution in [0, 0.1) is 5.92 Å². The van der Waals surface area contributed by atoms with Gasteiger partial charge in [-0.15, -0.1) is 0 Å². The van der Waals surface area contributed by atoms with Crippen molar-refractivity contribution < 1.29 is 4.74 Å². The van der Waals surface area contributed by atoms with Gasteiger partial charge in [-0.05, 0) is 36.9 Å². The summed E-state index contributed by atoms with van der Waals surface area (Å²) in [7, 11) is 0. The van der Waals surface area contributed by atoms with Crippen LogP contribution in [0.4, 0.5) is 0 Å². The first-order chi connectivity index (χ1) is 8.27. The topological polar surface area (TPSA) is 21.3 Å². The van der Waals surface area contributed by atoms with Crippen LogP contribution in [0.25, 0.3) is 0 Å². The highest BCUT2D eigenvalue weighted by atomic mass is 35.5. The minimum Gasteiger partial charge on any atom is -0.376 e. The molecular weight excluding hydrogens is 257 g/mol. The van der Waals surface area contributed by atoms with E-state index in [-0.39, 0.29) is 0 Å². The van der Waals surface area contributed by atoms with E-state index < -0.39 is 0 Å². The average molecular weight is 274 g/mol. The average Bonchev–Trinajstić information content (AvgIpc) is 2.36. The van der Waals surface area contributed by atoms with E-state index in [4.69, 9.17) is 27.9 Å². The van der Waals surface area contributed by atoms with E-state index in [2.05, 4.69) is 5.32 Å². The summed E-state index contributed by atoms with van der Waals surface area (Å²) in [5.41, 5.74) is 0.961. The van der Waals surface area contributed by atoms with Crippen molar-refractivity contribution in [3.05, 3.63) is 33.8 Å². The van der Waals surface area contributed by atoms with E-state index in [1.807, 2.05) is 12.1 Å². The Bertz CT molecular complexity index is 364. The van der Waals surface area contributed by atoms with Crippen LogP contribution in [0.5, 0.6) is 0 Å². The monoisotopic (exact) mass is 273 g/mol. The minimum atomic E-state index is 0.538. The molecule has 94 valence electrons. The molecule has 1 heterocycles. The van der Waals surface area contributed by atoms with Crippen molar-refractivity contribution in [3.63, 3.8) is 0 Å². The summed E-state index contributed by atoms with van der Waals surface area (Å²) in [5.74, 6) is 0.627. The van der Waals surface area contributed by atoms with Crippen LogP contribution in [0.1, 0.15) is 18.4 Å². The van der Waals surface area contributed by atoms with Crippen LogP contribution in [0.2, 0.25) is 10.0 Å². The number of benzene rings is 1. The molecule has 1 atom stereocenters. The molecule has 0 aromatic heterocycles. The van der Waals surface area contributed by atoms with E-state index in [1.54, 1.807) is 6.07 Å². The Morgan fingerprint density at radius 3 is 3.00 bits per heavy atom. The van der Waals surface area contributed by atoms with Crippen LogP contribution in [0.15, 0.2) is 18.2 Å². The van der Waals surface area contributed by atoms with Crippen molar-refractivity contribution in [1.29, 1.82) is 0 Å². The summed E-state index contributed by atoms with van der Waals surface area (Å²) in [5, 5.41) is 4.57. The Morgan fingerprint density at radius 2 is 2.24 bits per heavy atom. The molecule has 0 bridgehead atoms. The van der Waals surface area contributed by atoms with E-state index in [1.165, 1.54) is 12.8 Å². The molecule has 1 aromatic rings. The highest BCUT2D eigenvalue weighted by Gasteiger charge is 2.13. The van der Waals surface area contributed by atoms with Gasteiger partial charge in [0.05, 0.1) is 23.3 Å². The molecule has 1 saturated heterocycles. The normalized spacial score (nSPS) is 20.5. The highest BCUT2D eigenvalue weighted by Crippen LogP contribution is 2.26. The summed E-state index contributed by atoms with van der Waals surface area (Å²) >= 11 is 12.0. The molecule has 1 aliphatic rings. The maximum atomic E-state index is 6.09. The predicted octanol–water partition coefficient (Wildman–Crippen LogP) is 3.51. The number of ether oxygens (including phenoxy) is 1. The molecule has 1 N–H and O–H groups in total. The van der Waals surface area contributed by atoms with E-state index >= 15 is 0 Å². The zero-order valence-electron chi connectivity index (χ0n) is 9.72. The molecule has 0 spiro atoms. The molecule has 17 heavy (non-hydrogen) atoms. The summed E-state index contributed by atoms with van der Waals surface area (Å²) in [4.78, 5) is 0. The van der Waals surface area contributed by atoms with Gasteiger partial charge in [-0.25, -0.2) is 0 Å². The Labute approximate surface area is 112 Å². The highest BCUT2D eigenvalue weighted by molar-refractivity contribution is 6.42. The second-order valence-electron chi connectivity index (χ2n) is 4.44. The van der Waals surface area contributed by atoms with E-state index in [9.17, 15) is 0 Å². The van der Waals surface area contributed by atoms with Gasteiger partial charge in [0.25, 0.3) is 0 Å². The van der Waals surface area contributed by atoms with Crippen LogP contribution in [0.3, 0.4) is 0 Å². The Hall–Kier alpha value is -0.280. The third-order valence-electron chi connectivity index (χ3n) is 3.04. The fraction of sp³-hybridized carbons (Fsp3) is 0.538.